The first-order valence-corrected chi connectivity index (χ1v) is 8.51. The van der Waals surface area contributed by atoms with Crippen molar-refractivity contribution >= 4 is 17.4 Å². The van der Waals surface area contributed by atoms with Gasteiger partial charge in [-0.1, -0.05) is 18.2 Å². The molecular formula is C19H21N3O2. The highest BCUT2D eigenvalue weighted by molar-refractivity contribution is 6.06. The van der Waals surface area contributed by atoms with Crippen LogP contribution in [0.1, 0.15) is 22.3 Å². The van der Waals surface area contributed by atoms with Crippen molar-refractivity contribution in [2.45, 2.75) is 12.8 Å². The zero-order valence-electron chi connectivity index (χ0n) is 13.6. The number of hydrogen-bond acceptors (Lipinski definition) is 4. The average Bonchev–Trinajstić information content (AvgIpc) is 2.68. The van der Waals surface area contributed by atoms with E-state index in [4.69, 9.17) is 4.74 Å². The molecule has 0 atom stereocenters. The van der Waals surface area contributed by atoms with Gasteiger partial charge in [0.1, 0.15) is 5.82 Å². The summed E-state index contributed by atoms with van der Waals surface area (Å²) in [6, 6.07) is 12.0. The Morgan fingerprint density at radius 3 is 2.67 bits per heavy atom. The Bertz CT molecular complexity index is 724. The summed E-state index contributed by atoms with van der Waals surface area (Å²) >= 11 is 0. The summed E-state index contributed by atoms with van der Waals surface area (Å²) in [5.41, 5.74) is 2.92. The average molecular weight is 323 g/mol. The summed E-state index contributed by atoms with van der Waals surface area (Å²) in [5.74, 6) is 0.942. The van der Waals surface area contributed by atoms with E-state index in [1.807, 2.05) is 35.2 Å². The lowest BCUT2D eigenvalue weighted by Gasteiger charge is -2.30. The highest BCUT2D eigenvalue weighted by Crippen LogP contribution is 2.28. The third kappa shape index (κ3) is 2.87. The molecule has 0 bridgehead atoms. The number of rotatable bonds is 2. The smallest absolute Gasteiger partial charge is 0.259 e. The van der Waals surface area contributed by atoms with E-state index in [0.717, 1.165) is 57.2 Å². The second-order valence-electron chi connectivity index (χ2n) is 6.19. The number of morpholine rings is 1. The molecule has 0 spiro atoms. The van der Waals surface area contributed by atoms with Gasteiger partial charge >= 0.3 is 0 Å². The van der Waals surface area contributed by atoms with Crippen molar-refractivity contribution in [3.63, 3.8) is 0 Å². The molecule has 1 saturated heterocycles. The fourth-order valence-electron chi connectivity index (χ4n) is 3.39. The lowest BCUT2D eigenvalue weighted by Crippen LogP contribution is -2.37. The quantitative estimate of drug-likeness (QED) is 0.852. The number of benzene rings is 1. The first-order valence-electron chi connectivity index (χ1n) is 8.51. The fraction of sp³-hybridized carbons (Fsp3) is 0.368. The summed E-state index contributed by atoms with van der Waals surface area (Å²) in [5, 5.41) is 0. The number of nitrogens with zero attached hydrogens (tertiary/aromatic N) is 3. The van der Waals surface area contributed by atoms with Crippen LogP contribution in [-0.2, 0) is 11.2 Å². The van der Waals surface area contributed by atoms with E-state index in [0.29, 0.717) is 5.56 Å². The lowest BCUT2D eigenvalue weighted by molar-refractivity contribution is 0.0984. The zero-order chi connectivity index (χ0) is 16.4. The monoisotopic (exact) mass is 323 g/mol. The number of para-hydroxylation sites is 1. The van der Waals surface area contributed by atoms with Gasteiger partial charge in [-0.3, -0.25) is 4.79 Å². The summed E-state index contributed by atoms with van der Waals surface area (Å²) in [4.78, 5) is 21.5. The summed E-state index contributed by atoms with van der Waals surface area (Å²) in [7, 11) is 0. The number of carbonyl (C=O) groups excluding carboxylic acids is 1. The Labute approximate surface area is 141 Å². The maximum atomic E-state index is 12.9. The number of pyridine rings is 1. The van der Waals surface area contributed by atoms with Gasteiger partial charge in [0, 0.05) is 31.5 Å². The van der Waals surface area contributed by atoms with Gasteiger partial charge in [-0.25, -0.2) is 4.98 Å². The predicted molar refractivity (Wildman–Crippen MR) is 93.7 cm³/mol. The molecule has 3 heterocycles. The molecule has 4 rings (SSSR count). The Morgan fingerprint density at radius 1 is 1.04 bits per heavy atom. The van der Waals surface area contributed by atoms with Crippen LogP contribution in [0.15, 0.2) is 42.6 Å². The molecule has 1 aromatic heterocycles. The van der Waals surface area contributed by atoms with Gasteiger partial charge in [0.05, 0.1) is 18.8 Å². The van der Waals surface area contributed by atoms with Gasteiger partial charge in [0.15, 0.2) is 0 Å². The van der Waals surface area contributed by atoms with Crippen molar-refractivity contribution in [3.05, 3.63) is 53.7 Å². The maximum absolute atomic E-state index is 12.9. The van der Waals surface area contributed by atoms with Gasteiger partial charge in [0.25, 0.3) is 5.91 Å². The van der Waals surface area contributed by atoms with Crippen molar-refractivity contribution in [3.8, 4) is 0 Å². The molecule has 2 aromatic rings. The third-order valence-corrected chi connectivity index (χ3v) is 4.69. The molecule has 5 nitrogen and oxygen atoms in total. The largest absolute Gasteiger partial charge is 0.378 e. The minimum absolute atomic E-state index is 0.0307. The van der Waals surface area contributed by atoms with Crippen LogP contribution >= 0.6 is 0 Å². The van der Waals surface area contributed by atoms with E-state index in [9.17, 15) is 4.79 Å². The molecule has 0 N–H and O–H groups in total. The molecule has 0 saturated carbocycles. The SMILES string of the molecule is O=C(c1ccc(N2CCOCC2)nc1)N1CCCc2ccccc21. The number of aryl methyl sites for hydroxylation is 1. The second-order valence-corrected chi connectivity index (χ2v) is 6.19. The van der Waals surface area contributed by atoms with Gasteiger partial charge in [-0.05, 0) is 36.6 Å². The Morgan fingerprint density at radius 2 is 1.88 bits per heavy atom. The van der Waals surface area contributed by atoms with Crippen LogP contribution in [0, 0.1) is 0 Å². The van der Waals surface area contributed by atoms with E-state index < -0.39 is 0 Å². The Kier molecular flexibility index (Phi) is 4.17. The molecule has 124 valence electrons. The zero-order valence-corrected chi connectivity index (χ0v) is 13.6. The van der Waals surface area contributed by atoms with Crippen LogP contribution in [0.25, 0.3) is 0 Å². The molecule has 1 amide bonds. The maximum Gasteiger partial charge on any atom is 0.259 e. The first-order chi connectivity index (χ1) is 11.8. The number of aromatic nitrogens is 1. The molecular weight excluding hydrogens is 302 g/mol. The molecule has 1 fully saturated rings. The molecule has 1 aromatic carbocycles. The summed E-state index contributed by atoms with van der Waals surface area (Å²) in [6.45, 7) is 3.92. The van der Waals surface area contributed by atoms with Crippen molar-refractivity contribution < 1.29 is 9.53 Å². The van der Waals surface area contributed by atoms with Crippen LogP contribution in [-0.4, -0.2) is 43.7 Å². The molecule has 0 radical (unpaired) electrons. The van der Waals surface area contributed by atoms with Crippen LogP contribution in [0.3, 0.4) is 0 Å². The first kappa shape index (κ1) is 15.1. The van der Waals surface area contributed by atoms with Crippen LogP contribution in [0.5, 0.6) is 0 Å². The molecule has 2 aliphatic rings. The van der Waals surface area contributed by atoms with Crippen LogP contribution < -0.4 is 9.80 Å². The van der Waals surface area contributed by atoms with Crippen molar-refractivity contribution in [2.75, 3.05) is 42.6 Å². The van der Waals surface area contributed by atoms with E-state index in [1.54, 1.807) is 6.20 Å². The van der Waals surface area contributed by atoms with Gasteiger partial charge in [-0.2, -0.15) is 0 Å². The number of fused-ring (bicyclic) bond motifs is 1. The van der Waals surface area contributed by atoms with Crippen LogP contribution in [0.4, 0.5) is 11.5 Å². The van der Waals surface area contributed by atoms with Crippen molar-refractivity contribution in [2.24, 2.45) is 0 Å². The van der Waals surface area contributed by atoms with E-state index >= 15 is 0 Å². The van der Waals surface area contributed by atoms with Gasteiger partial charge < -0.3 is 14.5 Å². The minimum Gasteiger partial charge on any atom is -0.378 e. The van der Waals surface area contributed by atoms with Gasteiger partial charge in [-0.15, -0.1) is 0 Å². The third-order valence-electron chi connectivity index (χ3n) is 4.69. The van der Waals surface area contributed by atoms with Crippen LogP contribution in [0.2, 0.25) is 0 Å². The standard InChI is InChI=1S/C19H21N3O2/c23-19(22-9-3-5-15-4-1-2-6-17(15)22)16-7-8-18(20-14-16)21-10-12-24-13-11-21/h1-2,4,6-8,14H,3,5,9-13H2. The number of carbonyl (C=O) groups is 1. The lowest BCUT2D eigenvalue weighted by atomic mass is 10.0. The number of anilines is 2. The second kappa shape index (κ2) is 6.61. The molecule has 0 unspecified atom stereocenters. The topological polar surface area (TPSA) is 45.7 Å². The Hall–Kier alpha value is -2.40. The number of ether oxygens (including phenoxy) is 1. The van der Waals surface area contributed by atoms with E-state index in [-0.39, 0.29) is 5.91 Å². The predicted octanol–water partition coefficient (Wildman–Crippen LogP) is 2.51. The van der Waals surface area contributed by atoms with Gasteiger partial charge in [0.2, 0.25) is 0 Å². The van der Waals surface area contributed by atoms with E-state index in [1.165, 1.54) is 5.56 Å². The van der Waals surface area contributed by atoms with Crippen molar-refractivity contribution in [1.82, 2.24) is 4.98 Å². The summed E-state index contributed by atoms with van der Waals surface area (Å²) in [6.07, 6.45) is 3.74. The molecule has 24 heavy (non-hydrogen) atoms. The normalized spacial score (nSPS) is 17.5. The molecule has 2 aliphatic heterocycles. The van der Waals surface area contributed by atoms with Crippen molar-refractivity contribution in [1.29, 1.82) is 0 Å². The Balaban J connectivity index is 1.55. The van der Waals surface area contributed by atoms with E-state index in [2.05, 4.69) is 16.0 Å². The highest BCUT2D eigenvalue weighted by Gasteiger charge is 2.23. The number of amides is 1. The minimum atomic E-state index is 0.0307. The molecule has 5 heteroatoms. The fourth-order valence-corrected chi connectivity index (χ4v) is 3.39. The highest BCUT2D eigenvalue weighted by atomic mass is 16.5. The summed E-state index contributed by atoms with van der Waals surface area (Å²) < 4.78 is 5.37. The molecule has 0 aliphatic carbocycles. The number of hydrogen-bond donors (Lipinski definition) is 0.